The monoisotopic (exact) mass is 399 g/mol. The van der Waals surface area contributed by atoms with Crippen LogP contribution in [0.3, 0.4) is 0 Å². The first-order valence-electron chi connectivity index (χ1n) is 7.00. The van der Waals surface area contributed by atoms with Crippen LogP contribution in [0.5, 0.6) is 5.75 Å². The Kier molecular flexibility index (Phi) is 4.20. The summed E-state index contributed by atoms with van der Waals surface area (Å²) in [5.41, 5.74) is -0.506. The summed E-state index contributed by atoms with van der Waals surface area (Å²) in [7, 11) is 0. The molecule has 7 heteroatoms. The quantitative estimate of drug-likeness (QED) is 0.809. The summed E-state index contributed by atoms with van der Waals surface area (Å²) in [5, 5.41) is 13.4. The normalized spacial score (nSPS) is 22.1. The number of nitrogens with one attached hydrogen (secondary N) is 1. The molecule has 122 valence electrons. The zero-order chi connectivity index (χ0) is 16.8. The van der Waals surface area contributed by atoms with Crippen LogP contribution in [-0.4, -0.2) is 22.7 Å². The van der Waals surface area contributed by atoms with Crippen LogP contribution in [0.15, 0.2) is 34.1 Å². The second-order valence-electron chi connectivity index (χ2n) is 5.89. The van der Waals surface area contributed by atoms with Crippen LogP contribution in [-0.2, 0) is 0 Å². The van der Waals surface area contributed by atoms with Gasteiger partial charge in [-0.1, -0.05) is 0 Å². The third-order valence-corrected chi connectivity index (χ3v) is 5.47. The second-order valence-corrected chi connectivity index (χ2v) is 8.35. The fourth-order valence-corrected chi connectivity index (χ4v) is 4.14. The lowest BCUT2D eigenvalue weighted by Gasteiger charge is -2.40. The highest BCUT2D eigenvalue weighted by molar-refractivity contribution is 9.11. The minimum absolute atomic E-state index is 0.333. The van der Waals surface area contributed by atoms with E-state index in [0.717, 1.165) is 8.66 Å². The van der Waals surface area contributed by atoms with Crippen molar-refractivity contribution in [2.45, 2.75) is 31.6 Å². The lowest BCUT2D eigenvalue weighted by Crippen LogP contribution is -2.53. The maximum Gasteiger partial charge on any atom is 0.251 e. The van der Waals surface area contributed by atoms with Crippen molar-refractivity contribution in [3.8, 4) is 5.75 Å². The summed E-state index contributed by atoms with van der Waals surface area (Å²) in [6.45, 7) is 3.53. The average Bonchev–Trinajstić information content (AvgIpc) is 2.83. The number of carbonyl (C=O) groups is 1. The second kappa shape index (κ2) is 5.89. The lowest BCUT2D eigenvalue weighted by atomic mass is 9.90. The molecule has 2 atom stereocenters. The molecule has 23 heavy (non-hydrogen) atoms. The van der Waals surface area contributed by atoms with Gasteiger partial charge in [0.2, 0.25) is 0 Å². The number of hydrogen-bond acceptors (Lipinski definition) is 4. The van der Waals surface area contributed by atoms with Gasteiger partial charge in [0.05, 0.1) is 14.7 Å². The summed E-state index contributed by atoms with van der Waals surface area (Å²) in [4.78, 5) is 13.2. The highest BCUT2D eigenvalue weighted by Crippen LogP contribution is 2.46. The summed E-state index contributed by atoms with van der Waals surface area (Å²) in [6.07, 6.45) is -0.912. The number of aliphatic hydroxyl groups excluding tert-OH is 1. The van der Waals surface area contributed by atoms with Crippen molar-refractivity contribution in [2.75, 3.05) is 0 Å². The first-order valence-corrected chi connectivity index (χ1v) is 8.61. The third kappa shape index (κ3) is 3.13. The summed E-state index contributed by atoms with van der Waals surface area (Å²) < 4.78 is 19.7. The first kappa shape index (κ1) is 16.4. The number of carbonyl (C=O) groups excluding carboxylic acids is 1. The molecule has 4 nitrogen and oxygen atoms in total. The predicted molar refractivity (Wildman–Crippen MR) is 89.3 cm³/mol. The SMILES string of the molecule is CC1(C)Oc2cc(Br)sc2[C@@H](NC(=O)c2ccc(F)cc2)[C@@H]1O. The highest BCUT2D eigenvalue weighted by Gasteiger charge is 2.44. The van der Waals surface area contributed by atoms with E-state index in [9.17, 15) is 14.3 Å². The number of aliphatic hydroxyl groups is 1. The van der Waals surface area contributed by atoms with Crippen LogP contribution < -0.4 is 10.1 Å². The largest absolute Gasteiger partial charge is 0.484 e. The average molecular weight is 400 g/mol. The van der Waals surface area contributed by atoms with Gasteiger partial charge in [-0.15, -0.1) is 11.3 Å². The van der Waals surface area contributed by atoms with E-state index in [2.05, 4.69) is 21.2 Å². The van der Waals surface area contributed by atoms with E-state index < -0.39 is 23.6 Å². The summed E-state index contributed by atoms with van der Waals surface area (Å²) in [6, 6.07) is 6.51. The minimum Gasteiger partial charge on any atom is -0.484 e. The molecule has 1 aliphatic rings. The van der Waals surface area contributed by atoms with Crippen molar-refractivity contribution in [2.24, 2.45) is 0 Å². The van der Waals surface area contributed by atoms with Crippen LogP contribution in [0, 0.1) is 5.82 Å². The third-order valence-electron chi connectivity index (χ3n) is 3.77. The van der Waals surface area contributed by atoms with E-state index in [-0.39, 0.29) is 5.91 Å². The molecule has 0 unspecified atom stereocenters. The Morgan fingerprint density at radius 3 is 2.70 bits per heavy atom. The molecule has 3 rings (SSSR count). The molecule has 0 fully saturated rings. The number of halogens is 2. The molecule has 0 saturated carbocycles. The van der Waals surface area contributed by atoms with Crippen LogP contribution in [0.4, 0.5) is 4.39 Å². The van der Waals surface area contributed by atoms with Gasteiger partial charge >= 0.3 is 0 Å². The number of rotatable bonds is 2. The van der Waals surface area contributed by atoms with Gasteiger partial charge in [0.25, 0.3) is 5.91 Å². The van der Waals surface area contributed by atoms with Crippen LogP contribution in [0.1, 0.15) is 35.1 Å². The van der Waals surface area contributed by atoms with Gasteiger partial charge in [-0.3, -0.25) is 4.79 Å². The number of fused-ring (bicyclic) bond motifs is 1. The Morgan fingerprint density at radius 1 is 1.39 bits per heavy atom. The molecule has 0 saturated heterocycles. The Morgan fingerprint density at radius 2 is 2.04 bits per heavy atom. The Bertz CT molecular complexity index is 744. The van der Waals surface area contributed by atoms with Crippen LogP contribution in [0.25, 0.3) is 0 Å². The molecular formula is C16H15BrFNO3S. The van der Waals surface area contributed by atoms with Gasteiger partial charge in [-0.2, -0.15) is 0 Å². The first-order chi connectivity index (χ1) is 10.8. The zero-order valence-corrected chi connectivity index (χ0v) is 14.9. The molecule has 0 bridgehead atoms. The highest BCUT2D eigenvalue weighted by atomic mass is 79.9. The van der Waals surface area contributed by atoms with E-state index in [1.165, 1.54) is 35.6 Å². The van der Waals surface area contributed by atoms with E-state index in [0.29, 0.717) is 11.3 Å². The van der Waals surface area contributed by atoms with Crippen LogP contribution in [0.2, 0.25) is 0 Å². The lowest BCUT2D eigenvalue weighted by molar-refractivity contribution is -0.0612. The van der Waals surface area contributed by atoms with E-state index in [1.807, 2.05) is 6.07 Å². The van der Waals surface area contributed by atoms with Crippen molar-refractivity contribution < 1.29 is 19.0 Å². The summed E-state index contributed by atoms with van der Waals surface area (Å²) in [5.74, 6) is -0.137. The van der Waals surface area contributed by atoms with E-state index >= 15 is 0 Å². The molecule has 1 aliphatic heterocycles. The standard InChI is InChI=1S/C16H15BrFNO3S/c1-16(2)14(20)12(13-10(22-16)7-11(17)23-13)19-15(21)8-3-5-9(18)6-4-8/h3-7,12,14,20H,1-2H3,(H,19,21)/t12-,14+/m1/s1. The fourth-order valence-electron chi connectivity index (χ4n) is 2.51. The molecular weight excluding hydrogens is 385 g/mol. The smallest absolute Gasteiger partial charge is 0.251 e. The molecule has 2 heterocycles. The number of benzene rings is 1. The van der Waals surface area contributed by atoms with Gasteiger partial charge in [0.1, 0.15) is 23.3 Å². The Hall–Kier alpha value is -1.44. The van der Waals surface area contributed by atoms with Gasteiger partial charge in [-0.25, -0.2) is 4.39 Å². The fraction of sp³-hybridized carbons (Fsp3) is 0.312. The maximum absolute atomic E-state index is 13.0. The van der Waals surface area contributed by atoms with Crippen molar-refractivity contribution >= 4 is 33.2 Å². The van der Waals surface area contributed by atoms with Crippen molar-refractivity contribution in [1.82, 2.24) is 5.32 Å². The molecule has 2 aromatic rings. The van der Waals surface area contributed by atoms with Crippen LogP contribution >= 0.6 is 27.3 Å². The predicted octanol–water partition coefficient (Wildman–Crippen LogP) is 3.65. The van der Waals surface area contributed by atoms with E-state index in [1.54, 1.807) is 13.8 Å². The minimum atomic E-state index is -0.912. The number of ether oxygens (including phenoxy) is 1. The van der Waals surface area contributed by atoms with Gasteiger partial charge in [0, 0.05) is 11.6 Å². The Balaban J connectivity index is 1.91. The number of hydrogen-bond donors (Lipinski definition) is 2. The van der Waals surface area contributed by atoms with E-state index in [4.69, 9.17) is 4.74 Å². The molecule has 0 radical (unpaired) electrons. The Labute approximate surface area is 145 Å². The number of thiophene rings is 1. The molecule has 2 N–H and O–H groups in total. The van der Waals surface area contributed by atoms with Crippen molar-refractivity contribution in [3.05, 3.63) is 50.4 Å². The van der Waals surface area contributed by atoms with Crippen molar-refractivity contribution in [1.29, 1.82) is 0 Å². The van der Waals surface area contributed by atoms with Crippen molar-refractivity contribution in [3.63, 3.8) is 0 Å². The topological polar surface area (TPSA) is 58.6 Å². The molecule has 0 aliphatic carbocycles. The molecule has 1 amide bonds. The van der Waals surface area contributed by atoms with Gasteiger partial charge in [-0.05, 0) is 54.0 Å². The van der Waals surface area contributed by atoms with Gasteiger partial charge in [0.15, 0.2) is 0 Å². The summed E-state index contributed by atoms with van der Waals surface area (Å²) >= 11 is 4.80. The zero-order valence-electron chi connectivity index (χ0n) is 12.5. The van der Waals surface area contributed by atoms with Gasteiger partial charge < -0.3 is 15.2 Å². The number of amides is 1. The maximum atomic E-state index is 13.0. The molecule has 0 spiro atoms. The molecule has 1 aromatic carbocycles. The molecule has 1 aromatic heterocycles.